The number of amides is 1. The van der Waals surface area contributed by atoms with Crippen LogP contribution in [0.4, 0.5) is 4.79 Å². The van der Waals surface area contributed by atoms with Gasteiger partial charge in [-0.2, -0.15) is 0 Å². The third kappa shape index (κ3) is 16.1. The summed E-state index contributed by atoms with van der Waals surface area (Å²) in [5.74, 6) is -2.57. The van der Waals surface area contributed by atoms with Gasteiger partial charge in [0.1, 0.15) is 49.8 Å². The van der Waals surface area contributed by atoms with Crippen LogP contribution in [0.15, 0.2) is 182 Å². The number of ether oxygens (including phenoxy) is 10. The van der Waals surface area contributed by atoms with Gasteiger partial charge in [0.2, 0.25) is 3.79 Å². The van der Waals surface area contributed by atoms with Crippen LogP contribution >= 0.6 is 34.8 Å². The molecule has 2 heterocycles. The Labute approximate surface area is 453 Å². The summed E-state index contributed by atoms with van der Waals surface area (Å²) in [6, 6.07) is 50.4. The molecular weight excluding hydrogens is 1040 g/mol. The fourth-order valence-corrected chi connectivity index (χ4v) is 8.54. The van der Waals surface area contributed by atoms with Crippen LogP contribution in [0.5, 0.6) is 0 Å². The van der Waals surface area contributed by atoms with Gasteiger partial charge in [-0.3, -0.25) is 0 Å². The lowest BCUT2D eigenvalue weighted by molar-refractivity contribution is -0.329. The number of esters is 3. The maximum atomic E-state index is 14.2. The number of aliphatic hydroxyl groups is 1. The quantitative estimate of drug-likeness (QED) is 0.0394. The van der Waals surface area contributed by atoms with E-state index in [1.165, 1.54) is 24.3 Å². The second-order valence-corrected chi connectivity index (χ2v) is 20.0. The van der Waals surface area contributed by atoms with Crippen LogP contribution in [-0.2, 0) is 67.2 Å². The van der Waals surface area contributed by atoms with Crippen molar-refractivity contribution >= 4 is 58.8 Å². The fraction of sp³-hybridized carbons (Fsp3) is 0.298. The molecule has 19 heteroatoms. The molecule has 0 saturated carbocycles. The molecule has 0 spiro atoms. The highest BCUT2D eigenvalue weighted by Gasteiger charge is 2.54. The summed E-state index contributed by atoms with van der Waals surface area (Å²) in [6.07, 6.45) is -13.7. The minimum Gasteiger partial charge on any atom is -0.459 e. The molecule has 0 aromatic heterocycles. The number of carbonyl (C=O) groups excluding carboxylic acids is 4. The predicted octanol–water partition coefficient (Wildman–Crippen LogP) is 8.97. The first-order valence-electron chi connectivity index (χ1n) is 24.2. The third-order valence-electron chi connectivity index (χ3n) is 12.1. The molecule has 0 radical (unpaired) electrons. The molecule has 6 aromatic carbocycles. The lowest BCUT2D eigenvalue weighted by atomic mass is 9.95. The number of hydrogen-bond acceptors (Lipinski definition) is 15. The Kier molecular flexibility index (Phi) is 20.3. The number of benzene rings is 6. The predicted molar refractivity (Wildman–Crippen MR) is 277 cm³/mol. The third-order valence-corrected chi connectivity index (χ3v) is 12.4. The molecule has 398 valence electrons. The lowest BCUT2D eigenvalue weighted by Gasteiger charge is -2.47. The Bertz CT molecular complexity index is 2750. The molecule has 2 aliphatic heterocycles. The average Bonchev–Trinajstić information content (AvgIpc) is 3.45. The number of alkyl carbamates (subject to hydrolysis) is 1. The zero-order valence-electron chi connectivity index (χ0n) is 40.6. The number of alkyl halides is 3. The highest BCUT2D eigenvalue weighted by molar-refractivity contribution is 6.67. The van der Waals surface area contributed by atoms with Gasteiger partial charge in [-0.25, -0.2) is 19.2 Å². The van der Waals surface area contributed by atoms with Crippen molar-refractivity contribution in [3.63, 3.8) is 0 Å². The maximum absolute atomic E-state index is 14.2. The molecule has 2 saturated heterocycles. The molecule has 76 heavy (non-hydrogen) atoms. The highest BCUT2D eigenvalue weighted by atomic mass is 35.6. The Balaban J connectivity index is 1.16. The van der Waals surface area contributed by atoms with Crippen molar-refractivity contribution < 1.29 is 71.7 Å². The Morgan fingerprint density at radius 3 is 1.34 bits per heavy atom. The van der Waals surface area contributed by atoms with E-state index in [0.717, 1.165) is 16.7 Å². The molecule has 0 aliphatic carbocycles. The zero-order chi connectivity index (χ0) is 53.3. The van der Waals surface area contributed by atoms with Crippen molar-refractivity contribution in [2.75, 3.05) is 19.8 Å². The molecule has 10 atom stereocenters. The second kappa shape index (κ2) is 27.6. The number of halogens is 3. The molecule has 0 bridgehead atoms. The van der Waals surface area contributed by atoms with Crippen molar-refractivity contribution in [2.24, 2.45) is 0 Å². The number of carbonyl (C=O) groups is 4. The minimum atomic E-state index is -2.05. The summed E-state index contributed by atoms with van der Waals surface area (Å²) in [6.45, 7) is -1.61. The van der Waals surface area contributed by atoms with E-state index in [2.05, 4.69) is 5.32 Å². The molecular formula is C57H54Cl3NO15. The summed E-state index contributed by atoms with van der Waals surface area (Å²) in [5.41, 5.74) is 2.82. The van der Waals surface area contributed by atoms with E-state index in [0.29, 0.717) is 0 Å². The van der Waals surface area contributed by atoms with Crippen LogP contribution in [0.3, 0.4) is 0 Å². The van der Waals surface area contributed by atoms with Gasteiger partial charge in [0.05, 0.1) is 43.1 Å². The van der Waals surface area contributed by atoms with E-state index < -0.39 is 109 Å². The summed E-state index contributed by atoms with van der Waals surface area (Å²) < 4.78 is 60.7. The molecule has 1 amide bonds. The van der Waals surface area contributed by atoms with E-state index in [4.69, 9.17) is 82.2 Å². The van der Waals surface area contributed by atoms with Gasteiger partial charge in [-0.15, -0.1) is 0 Å². The number of nitrogens with one attached hydrogen (secondary N) is 1. The van der Waals surface area contributed by atoms with Crippen LogP contribution in [-0.4, -0.2) is 114 Å². The number of rotatable bonds is 21. The van der Waals surface area contributed by atoms with E-state index in [1.807, 2.05) is 91.0 Å². The first-order valence-corrected chi connectivity index (χ1v) is 25.3. The molecule has 16 nitrogen and oxygen atoms in total. The van der Waals surface area contributed by atoms with Crippen molar-refractivity contribution in [3.05, 3.63) is 215 Å². The van der Waals surface area contributed by atoms with Crippen LogP contribution in [0.25, 0.3) is 0 Å². The van der Waals surface area contributed by atoms with Gasteiger partial charge in [0.25, 0.3) is 0 Å². The molecule has 2 fully saturated rings. The van der Waals surface area contributed by atoms with Crippen LogP contribution < -0.4 is 5.32 Å². The van der Waals surface area contributed by atoms with Gasteiger partial charge >= 0.3 is 24.0 Å². The molecule has 2 aliphatic rings. The standard InChI is InChI=1S/C57H54Cl3NO15/c58-57(59,60)36-72-56(66)61-45-48(76-53(64)42-29-17-6-18-30-42)47(75-52(63)41-27-15-5-16-28-41)44(34-70-51(62)40-25-13-4-14-26-40)74-55(45)71-35-43-46(67-31-37-19-7-1-8-20-37)49(68-32-38-21-9-2-10-22-38)50(54(65)73-43)69-33-39-23-11-3-12-24-39/h1-30,43-50,54-55,65H,31-36H2,(H,61,66)/t43-,44-,45-,46-,47-,48-,49+,50-,54+,55-/m1/s1. The zero-order valence-corrected chi connectivity index (χ0v) is 42.9. The smallest absolute Gasteiger partial charge is 0.407 e. The Hall–Kier alpha value is -6.41. The Morgan fingerprint density at radius 1 is 0.461 bits per heavy atom. The Morgan fingerprint density at radius 2 is 0.868 bits per heavy atom. The van der Waals surface area contributed by atoms with Crippen molar-refractivity contribution in [1.82, 2.24) is 5.32 Å². The van der Waals surface area contributed by atoms with Crippen LogP contribution in [0, 0.1) is 0 Å². The van der Waals surface area contributed by atoms with E-state index >= 15 is 0 Å². The summed E-state index contributed by atoms with van der Waals surface area (Å²) in [5, 5.41) is 14.5. The molecule has 8 rings (SSSR count). The van der Waals surface area contributed by atoms with Crippen LogP contribution in [0.2, 0.25) is 0 Å². The van der Waals surface area contributed by atoms with Gasteiger partial charge in [-0.1, -0.05) is 180 Å². The van der Waals surface area contributed by atoms with Gasteiger partial charge in [-0.05, 0) is 53.1 Å². The van der Waals surface area contributed by atoms with Crippen molar-refractivity contribution in [2.45, 2.75) is 85.0 Å². The van der Waals surface area contributed by atoms with E-state index in [1.54, 1.807) is 66.7 Å². The minimum absolute atomic E-state index is 0.0536. The molecule has 2 N–H and O–H groups in total. The van der Waals surface area contributed by atoms with E-state index in [9.17, 15) is 24.3 Å². The lowest BCUT2D eigenvalue weighted by Crippen LogP contribution is -2.67. The van der Waals surface area contributed by atoms with Gasteiger partial charge in [0, 0.05) is 0 Å². The SMILES string of the molecule is O=C(N[C@H]1[C@H](OC[C@H]2O[C@H](O)[C@H](OCc3ccccc3)[C@@H](OCc3ccccc3)[C@@H]2OCc2ccccc2)O[C@H](COC(=O)c2ccccc2)[C@@H](OC(=O)c2ccccc2)[C@@H]1OC(=O)c1ccccc1)OCC(Cl)(Cl)Cl. The molecule has 0 unspecified atom stereocenters. The first kappa shape index (κ1) is 55.8. The van der Waals surface area contributed by atoms with Crippen LogP contribution in [0.1, 0.15) is 47.8 Å². The summed E-state index contributed by atoms with van der Waals surface area (Å²) in [7, 11) is 0. The largest absolute Gasteiger partial charge is 0.459 e. The van der Waals surface area contributed by atoms with Crippen molar-refractivity contribution in [1.29, 1.82) is 0 Å². The summed E-state index contributed by atoms with van der Waals surface area (Å²) in [4.78, 5) is 55.6. The van der Waals surface area contributed by atoms with Gasteiger partial charge < -0.3 is 57.8 Å². The maximum Gasteiger partial charge on any atom is 0.407 e. The van der Waals surface area contributed by atoms with E-state index in [-0.39, 0.29) is 36.5 Å². The monoisotopic (exact) mass is 1100 g/mol. The van der Waals surface area contributed by atoms with Crippen molar-refractivity contribution in [3.8, 4) is 0 Å². The first-order chi connectivity index (χ1) is 36.9. The average molecular weight is 1100 g/mol. The van der Waals surface area contributed by atoms with Gasteiger partial charge in [0.15, 0.2) is 24.8 Å². The number of aliphatic hydroxyl groups excluding tert-OH is 1. The highest BCUT2D eigenvalue weighted by Crippen LogP contribution is 2.34. The number of hydrogen-bond donors (Lipinski definition) is 2. The topological polar surface area (TPSA) is 193 Å². The fourth-order valence-electron chi connectivity index (χ4n) is 8.38. The second-order valence-electron chi connectivity index (χ2n) is 17.5. The molecule has 6 aromatic rings. The normalized spacial score (nSPS) is 23.4. The summed E-state index contributed by atoms with van der Waals surface area (Å²) >= 11 is 17.9.